The van der Waals surface area contributed by atoms with Crippen molar-refractivity contribution in [1.82, 2.24) is 0 Å². The smallest absolute Gasteiger partial charge is 0.167 e. The largest absolute Gasteiger partial charge is 0.294 e. The Balaban J connectivity index is 2.24. The summed E-state index contributed by atoms with van der Waals surface area (Å²) in [6.07, 6.45) is -0.153. The molecule has 0 aliphatic rings. The van der Waals surface area contributed by atoms with E-state index >= 15 is 0 Å². The van der Waals surface area contributed by atoms with Crippen LogP contribution in [0.25, 0.3) is 0 Å². The molecule has 0 aromatic heterocycles. The van der Waals surface area contributed by atoms with Gasteiger partial charge in [0.15, 0.2) is 5.78 Å². The summed E-state index contributed by atoms with van der Waals surface area (Å²) in [4.78, 5) is 11.9. The highest BCUT2D eigenvalue weighted by Gasteiger charge is 2.11. The number of halogens is 3. The van der Waals surface area contributed by atoms with E-state index in [1.54, 1.807) is 24.3 Å². The Morgan fingerprint density at radius 3 is 2.61 bits per heavy atom. The van der Waals surface area contributed by atoms with Crippen LogP contribution in [-0.2, 0) is 6.42 Å². The van der Waals surface area contributed by atoms with Crippen LogP contribution < -0.4 is 0 Å². The summed E-state index contributed by atoms with van der Waals surface area (Å²) in [5, 5.41) is 0. The molecule has 0 unspecified atom stereocenters. The van der Waals surface area contributed by atoms with Gasteiger partial charge in [0.1, 0.15) is 11.6 Å². The SMILES string of the molecule is O=C(Cc1cc(F)ccc1F)c1cccc(Br)c1. The van der Waals surface area contributed by atoms with Gasteiger partial charge in [0, 0.05) is 16.5 Å². The van der Waals surface area contributed by atoms with Crippen molar-refractivity contribution in [3.63, 3.8) is 0 Å². The Morgan fingerprint density at radius 2 is 1.89 bits per heavy atom. The van der Waals surface area contributed by atoms with Gasteiger partial charge >= 0.3 is 0 Å². The molecule has 0 aliphatic heterocycles. The van der Waals surface area contributed by atoms with Crippen LogP contribution >= 0.6 is 15.9 Å². The van der Waals surface area contributed by atoms with Crippen molar-refractivity contribution in [2.24, 2.45) is 0 Å². The number of benzene rings is 2. The lowest BCUT2D eigenvalue weighted by molar-refractivity contribution is 0.0991. The van der Waals surface area contributed by atoms with Gasteiger partial charge in [-0.3, -0.25) is 4.79 Å². The standard InChI is InChI=1S/C14H9BrF2O/c15-11-3-1-2-9(6-11)14(18)8-10-7-12(16)4-5-13(10)17/h1-7H,8H2. The molecular formula is C14H9BrF2O. The molecule has 0 saturated heterocycles. The van der Waals surface area contributed by atoms with Crippen LogP contribution in [0.2, 0.25) is 0 Å². The quantitative estimate of drug-likeness (QED) is 0.778. The molecule has 4 heteroatoms. The molecule has 2 rings (SSSR count). The van der Waals surface area contributed by atoms with Gasteiger partial charge in [-0.05, 0) is 35.9 Å². The van der Waals surface area contributed by atoms with Gasteiger partial charge in [0.05, 0.1) is 0 Å². The molecule has 1 nitrogen and oxygen atoms in total. The topological polar surface area (TPSA) is 17.1 Å². The predicted molar refractivity (Wildman–Crippen MR) is 68.5 cm³/mol. The highest BCUT2D eigenvalue weighted by Crippen LogP contribution is 2.16. The van der Waals surface area contributed by atoms with Crippen molar-refractivity contribution >= 4 is 21.7 Å². The zero-order valence-electron chi connectivity index (χ0n) is 9.29. The van der Waals surface area contributed by atoms with Gasteiger partial charge in [-0.1, -0.05) is 28.1 Å². The minimum absolute atomic E-state index is 0.0694. The van der Waals surface area contributed by atoms with E-state index in [2.05, 4.69) is 15.9 Å². The molecule has 0 saturated carbocycles. The molecule has 0 bridgehead atoms. The summed E-state index contributed by atoms with van der Waals surface area (Å²) in [6.45, 7) is 0. The van der Waals surface area contributed by atoms with Crippen LogP contribution in [0, 0.1) is 11.6 Å². The molecule has 0 spiro atoms. The lowest BCUT2D eigenvalue weighted by Crippen LogP contribution is -2.05. The molecule has 2 aromatic rings. The third-order valence-corrected chi connectivity index (χ3v) is 3.00. The van der Waals surface area contributed by atoms with Crippen molar-refractivity contribution < 1.29 is 13.6 Å². The fraction of sp³-hybridized carbons (Fsp3) is 0.0714. The number of hydrogen-bond acceptors (Lipinski definition) is 1. The number of rotatable bonds is 3. The second kappa shape index (κ2) is 5.40. The minimum Gasteiger partial charge on any atom is -0.294 e. The van der Waals surface area contributed by atoms with Crippen LogP contribution in [0.4, 0.5) is 8.78 Å². The van der Waals surface area contributed by atoms with Crippen LogP contribution in [0.5, 0.6) is 0 Å². The maximum atomic E-state index is 13.4. The normalized spacial score (nSPS) is 10.4. The van der Waals surface area contributed by atoms with Crippen molar-refractivity contribution in [3.8, 4) is 0 Å². The number of carbonyl (C=O) groups excluding carboxylic acids is 1. The molecule has 18 heavy (non-hydrogen) atoms. The first-order valence-electron chi connectivity index (χ1n) is 5.29. The Bertz CT molecular complexity index is 596. The van der Waals surface area contributed by atoms with Crippen molar-refractivity contribution in [2.75, 3.05) is 0 Å². The Hall–Kier alpha value is -1.55. The van der Waals surface area contributed by atoms with E-state index in [9.17, 15) is 13.6 Å². The molecule has 0 atom stereocenters. The lowest BCUT2D eigenvalue weighted by atomic mass is 10.0. The van der Waals surface area contributed by atoms with Crippen molar-refractivity contribution in [3.05, 3.63) is 69.7 Å². The van der Waals surface area contributed by atoms with Gasteiger partial charge in [-0.2, -0.15) is 0 Å². The highest BCUT2D eigenvalue weighted by atomic mass is 79.9. The Morgan fingerprint density at radius 1 is 1.11 bits per heavy atom. The molecule has 2 aromatic carbocycles. The fourth-order valence-corrected chi connectivity index (χ4v) is 2.01. The first-order chi connectivity index (χ1) is 8.56. The average Bonchev–Trinajstić information content (AvgIpc) is 2.34. The molecule has 92 valence electrons. The highest BCUT2D eigenvalue weighted by molar-refractivity contribution is 9.10. The van der Waals surface area contributed by atoms with Crippen LogP contribution in [0.15, 0.2) is 46.9 Å². The molecule has 0 radical (unpaired) electrons. The first-order valence-corrected chi connectivity index (χ1v) is 6.08. The van der Waals surface area contributed by atoms with E-state index in [1.807, 2.05) is 0 Å². The first kappa shape index (κ1) is 12.9. The van der Waals surface area contributed by atoms with Gasteiger partial charge in [0.2, 0.25) is 0 Å². The fourth-order valence-electron chi connectivity index (χ4n) is 1.62. The molecule has 0 heterocycles. The van der Waals surface area contributed by atoms with E-state index in [0.29, 0.717) is 5.56 Å². The van der Waals surface area contributed by atoms with Crippen LogP contribution in [-0.4, -0.2) is 5.78 Å². The van der Waals surface area contributed by atoms with Crippen molar-refractivity contribution in [2.45, 2.75) is 6.42 Å². The van der Waals surface area contributed by atoms with E-state index in [4.69, 9.17) is 0 Å². The monoisotopic (exact) mass is 310 g/mol. The second-order valence-corrected chi connectivity index (χ2v) is 4.76. The molecular weight excluding hydrogens is 302 g/mol. The molecule has 0 N–H and O–H groups in total. The summed E-state index contributed by atoms with van der Waals surface area (Å²) >= 11 is 3.26. The van der Waals surface area contributed by atoms with E-state index < -0.39 is 11.6 Å². The summed E-state index contributed by atoms with van der Waals surface area (Å²) < 4.78 is 27.1. The van der Waals surface area contributed by atoms with Gasteiger partial charge in [0.25, 0.3) is 0 Å². The zero-order valence-corrected chi connectivity index (χ0v) is 10.9. The maximum absolute atomic E-state index is 13.4. The average molecular weight is 311 g/mol. The number of Topliss-reactive ketones (excluding diaryl/α,β-unsaturated/α-hetero) is 1. The zero-order chi connectivity index (χ0) is 13.1. The van der Waals surface area contributed by atoms with E-state index in [0.717, 1.165) is 22.7 Å². The van der Waals surface area contributed by atoms with E-state index in [1.165, 1.54) is 0 Å². The summed E-state index contributed by atoms with van der Waals surface area (Å²) in [5.41, 5.74) is 0.535. The minimum atomic E-state index is -0.570. The number of ketones is 1. The summed E-state index contributed by atoms with van der Waals surface area (Å²) in [6, 6.07) is 9.91. The second-order valence-electron chi connectivity index (χ2n) is 3.85. The number of hydrogen-bond donors (Lipinski definition) is 0. The third kappa shape index (κ3) is 3.01. The molecule has 0 amide bonds. The van der Waals surface area contributed by atoms with Gasteiger partial charge < -0.3 is 0 Å². The van der Waals surface area contributed by atoms with Crippen molar-refractivity contribution in [1.29, 1.82) is 0 Å². The predicted octanol–water partition coefficient (Wildman–Crippen LogP) is 4.15. The third-order valence-electron chi connectivity index (χ3n) is 2.51. The van der Waals surface area contributed by atoms with Gasteiger partial charge in [-0.25, -0.2) is 8.78 Å². The summed E-state index contributed by atoms with van der Waals surface area (Å²) in [5.74, 6) is -1.37. The lowest BCUT2D eigenvalue weighted by Gasteiger charge is -2.04. The van der Waals surface area contributed by atoms with Gasteiger partial charge in [-0.15, -0.1) is 0 Å². The summed E-state index contributed by atoms with van der Waals surface area (Å²) in [7, 11) is 0. The molecule has 0 fully saturated rings. The van der Waals surface area contributed by atoms with Crippen LogP contribution in [0.1, 0.15) is 15.9 Å². The maximum Gasteiger partial charge on any atom is 0.167 e. The molecule has 0 aliphatic carbocycles. The number of carbonyl (C=O) groups is 1. The Kier molecular flexibility index (Phi) is 3.87. The van der Waals surface area contributed by atoms with E-state index in [-0.39, 0.29) is 17.8 Å². The van der Waals surface area contributed by atoms with Crippen LogP contribution in [0.3, 0.4) is 0 Å². The Labute approximate surface area is 112 Å².